The number of aliphatic hydroxyl groups excluding tert-OH is 19. The zero-order valence-electron chi connectivity index (χ0n) is 49.3. The van der Waals surface area contributed by atoms with E-state index >= 15 is 0 Å². The Hall–Kier alpha value is -3.05. The highest BCUT2D eigenvalue weighted by Crippen LogP contribution is 2.32. The summed E-state index contributed by atoms with van der Waals surface area (Å²) >= 11 is 0. The van der Waals surface area contributed by atoms with Crippen LogP contribution in [0.1, 0.15) is 123 Å². The van der Waals surface area contributed by atoms with Gasteiger partial charge in [-0.05, 0) is 96.0 Å². The second-order valence-electron chi connectivity index (χ2n) is 22.8. The maximum absolute atomic E-state index is 11.2. The van der Waals surface area contributed by atoms with Crippen LogP contribution in [-0.2, 0) is 24.1 Å². The highest BCUT2D eigenvalue weighted by Gasteiger charge is 2.46. The third-order valence-corrected chi connectivity index (χ3v) is 15.9. The summed E-state index contributed by atoms with van der Waals surface area (Å²) in [4.78, 5) is 0. The Kier molecular flexibility index (Phi) is 38.0. The third-order valence-electron chi connectivity index (χ3n) is 15.4. The maximum Gasteiger partial charge on any atom is 0.397 e. The molecule has 86 heavy (non-hydrogen) atoms. The molecule has 0 aliphatic carbocycles. The Morgan fingerprint density at radius 2 is 1.19 bits per heavy atom. The SMILES string of the molecule is C=CCC[C@@H](O)/C=C/C=C/[C@H](O)[C@@H](O)C/C=C/C[C@@H](O)[C@H]1O[C@@H]([C@@H](O)[C@@H](O)C(=C)CC[C@@H](O)[C@H]2C[C@@H](O)[C@H](O)[C@@H]([C@@H](O)[C@@H](O)/C=C(\C)CC[C@@H](O)C[C@@H](O)[C@@H](O)[C@H](C)[C@H](O)[C@H](O)C/C=C/C[C@@H](O)/C=C/CCCCCOS(=O)(=O)O)O2)C[C@@H](O)[C@@H]1O. The Balaban J connectivity index is 1.84. The van der Waals surface area contributed by atoms with Crippen LogP contribution in [0, 0.1) is 5.92 Å². The van der Waals surface area contributed by atoms with Crippen molar-refractivity contribution in [2.75, 3.05) is 6.61 Å². The molecular weight excluding hydrogens is 1150 g/mol. The summed E-state index contributed by atoms with van der Waals surface area (Å²) in [5, 5.41) is 203. The molecule has 2 rings (SSSR count). The fourth-order valence-electron chi connectivity index (χ4n) is 9.83. The molecule has 20 N–H and O–H groups in total. The number of hydrogen-bond acceptors (Lipinski definition) is 24. The Labute approximate surface area is 505 Å². The molecule has 0 aromatic rings. The van der Waals surface area contributed by atoms with E-state index in [0.717, 1.165) is 0 Å². The predicted octanol–water partition coefficient (Wildman–Crippen LogP) is -1.06. The smallest absolute Gasteiger partial charge is 0.393 e. The van der Waals surface area contributed by atoms with Gasteiger partial charge in [-0.25, -0.2) is 4.18 Å². The maximum atomic E-state index is 11.2. The van der Waals surface area contributed by atoms with Gasteiger partial charge in [-0.15, -0.1) is 6.58 Å². The number of rotatable bonds is 43. The predicted molar refractivity (Wildman–Crippen MR) is 315 cm³/mol. The quantitative estimate of drug-likeness (QED) is 0.0150. The van der Waals surface area contributed by atoms with E-state index in [0.29, 0.717) is 44.1 Å². The lowest BCUT2D eigenvalue weighted by Gasteiger charge is -2.42. The molecule has 0 aromatic heterocycles. The van der Waals surface area contributed by atoms with Crippen molar-refractivity contribution in [3.05, 3.63) is 97.2 Å². The van der Waals surface area contributed by atoms with Crippen molar-refractivity contribution < 1.29 is 124 Å². The monoisotopic (exact) mass is 1250 g/mol. The van der Waals surface area contributed by atoms with Crippen molar-refractivity contribution in [3.63, 3.8) is 0 Å². The molecule has 2 saturated heterocycles. The van der Waals surface area contributed by atoms with E-state index in [2.05, 4.69) is 17.3 Å². The molecule has 0 aromatic carbocycles. The number of ether oxygens (including phenoxy) is 2. The van der Waals surface area contributed by atoms with Gasteiger partial charge in [-0.1, -0.05) is 98.4 Å². The minimum Gasteiger partial charge on any atom is -0.393 e. The van der Waals surface area contributed by atoms with Gasteiger partial charge < -0.3 is 106 Å². The first-order chi connectivity index (χ1) is 40.4. The lowest BCUT2D eigenvalue weighted by Crippen LogP contribution is -2.58. The zero-order valence-corrected chi connectivity index (χ0v) is 50.1. The molecule has 0 amide bonds. The van der Waals surface area contributed by atoms with Crippen molar-refractivity contribution in [2.24, 2.45) is 5.92 Å². The summed E-state index contributed by atoms with van der Waals surface area (Å²) in [7, 11) is -4.46. The molecule has 2 aliphatic heterocycles. The summed E-state index contributed by atoms with van der Waals surface area (Å²) in [6, 6.07) is 0. The van der Waals surface area contributed by atoms with Crippen molar-refractivity contribution in [1.82, 2.24) is 0 Å². The van der Waals surface area contributed by atoms with Crippen LogP contribution in [0.2, 0.25) is 0 Å². The average Bonchev–Trinajstić information content (AvgIpc) is 2.17. The van der Waals surface area contributed by atoms with Gasteiger partial charge >= 0.3 is 10.4 Å². The van der Waals surface area contributed by atoms with E-state index in [4.69, 9.17) is 14.0 Å². The fraction of sp³-hybridized carbons (Fsp3) is 0.733. The molecule has 2 aliphatic rings. The van der Waals surface area contributed by atoms with Gasteiger partial charge in [-0.2, -0.15) is 8.42 Å². The van der Waals surface area contributed by atoms with Crippen LogP contribution in [0.3, 0.4) is 0 Å². The normalized spacial score (nSPS) is 27.8. The van der Waals surface area contributed by atoms with Crippen molar-refractivity contribution >= 4 is 10.4 Å². The van der Waals surface area contributed by atoms with E-state index in [1.54, 1.807) is 37.3 Å². The first-order valence-corrected chi connectivity index (χ1v) is 30.9. The van der Waals surface area contributed by atoms with E-state index in [-0.39, 0.29) is 82.8 Å². The van der Waals surface area contributed by atoms with E-state index in [1.807, 2.05) is 0 Å². The van der Waals surface area contributed by atoms with Gasteiger partial charge in [0, 0.05) is 25.2 Å². The molecule has 2 heterocycles. The molecule has 2 fully saturated rings. The molecule has 0 unspecified atom stereocenters. The lowest BCUT2D eigenvalue weighted by molar-refractivity contribution is -0.228. The zero-order chi connectivity index (χ0) is 64.8. The minimum atomic E-state index is -4.46. The second-order valence-corrected chi connectivity index (χ2v) is 23.9. The molecular formula is C60H102O25S. The molecule has 0 saturated carbocycles. The van der Waals surface area contributed by atoms with Gasteiger partial charge in [0.25, 0.3) is 0 Å². The summed E-state index contributed by atoms with van der Waals surface area (Å²) in [6.45, 7) is 10.3. The van der Waals surface area contributed by atoms with Crippen LogP contribution in [0.15, 0.2) is 97.2 Å². The number of unbranched alkanes of at least 4 members (excludes halogenated alkanes) is 3. The fourth-order valence-corrected chi connectivity index (χ4v) is 10.2. The molecule has 24 atom stereocenters. The van der Waals surface area contributed by atoms with Crippen LogP contribution in [0.4, 0.5) is 0 Å². The van der Waals surface area contributed by atoms with Gasteiger partial charge in [0.05, 0.1) is 98.2 Å². The highest BCUT2D eigenvalue weighted by atomic mass is 32.3. The van der Waals surface area contributed by atoms with E-state index in [9.17, 15) is 105 Å². The molecule has 0 radical (unpaired) electrons. The van der Waals surface area contributed by atoms with Crippen molar-refractivity contribution in [3.8, 4) is 0 Å². The standard InChI is InChI=1S/C60H102O25S/c1-5-6-18-38(61)20-11-13-22-41(64)42(65)23-15-16-25-45(68)59-55(76)49(72)34-51(85-59)58(79)52(73)36(3)27-29-43(66)50-33-48(71)57(78)60(84-50)56(77)46(69)31-35(2)26-28-40(63)32-47(70)54(75)37(4)53(74)44(67)24-14-12-21-39(62)19-10-8-7-9-17-30-83-86(80,81)82/h5,10-16,19-20,22,31,37-79H,1,3,6-9,17-18,21,23-30,32-34H2,2,4H3,(H,80,81,82)/b14-12+,16-15+,19-10+,20-11+,22-13+,35-31+/t37-,38-,39+,40-,41+,42+,43-,44-,45-,46+,47-,48-,49-,50-,51-,52+,53+,54+,55+,56+,57+,58-,59-,60-/m1/s1. The molecule has 25 nitrogen and oxygen atoms in total. The Morgan fingerprint density at radius 3 is 1.84 bits per heavy atom. The molecule has 0 spiro atoms. The average molecular weight is 1260 g/mol. The van der Waals surface area contributed by atoms with Crippen LogP contribution >= 0.6 is 0 Å². The summed E-state index contributed by atoms with van der Waals surface area (Å²) in [5.41, 5.74) is 0.440. The van der Waals surface area contributed by atoms with Gasteiger partial charge in [0.1, 0.15) is 48.8 Å². The Bertz CT molecular complexity index is 2190. The summed E-state index contributed by atoms with van der Waals surface area (Å²) in [5.74, 6) is -1.04. The second kappa shape index (κ2) is 41.4. The van der Waals surface area contributed by atoms with E-state index in [1.165, 1.54) is 49.5 Å². The summed E-state index contributed by atoms with van der Waals surface area (Å²) < 4.78 is 45.5. The van der Waals surface area contributed by atoms with Crippen LogP contribution < -0.4 is 0 Å². The topological polar surface area (TPSA) is 466 Å². The first-order valence-electron chi connectivity index (χ1n) is 29.5. The number of aliphatic hydroxyl groups is 19. The molecule has 0 bridgehead atoms. The van der Waals surface area contributed by atoms with Crippen LogP contribution in [-0.4, -0.2) is 257 Å². The largest absolute Gasteiger partial charge is 0.397 e. The van der Waals surface area contributed by atoms with Crippen LogP contribution in [0.25, 0.3) is 0 Å². The number of allylic oxidation sites excluding steroid dienone is 5. The van der Waals surface area contributed by atoms with Crippen molar-refractivity contribution in [1.29, 1.82) is 0 Å². The molecule has 26 heteroatoms. The van der Waals surface area contributed by atoms with Gasteiger partial charge in [0.2, 0.25) is 0 Å². The number of hydrogen-bond donors (Lipinski definition) is 20. The summed E-state index contributed by atoms with van der Waals surface area (Å²) in [6.07, 6.45) is -12.3. The Morgan fingerprint density at radius 1 is 0.605 bits per heavy atom. The first kappa shape index (κ1) is 79.0. The van der Waals surface area contributed by atoms with Crippen molar-refractivity contribution in [2.45, 2.75) is 263 Å². The minimum absolute atomic E-state index is 0.00238. The molecule has 498 valence electrons. The van der Waals surface area contributed by atoms with Gasteiger partial charge in [-0.3, -0.25) is 4.55 Å². The third kappa shape index (κ3) is 29.7. The van der Waals surface area contributed by atoms with Crippen LogP contribution in [0.5, 0.6) is 0 Å². The van der Waals surface area contributed by atoms with Gasteiger partial charge in [0.15, 0.2) is 0 Å². The lowest BCUT2D eigenvalue weighted by atomic mass is 9.87. The van der Waals surface area contributed by atoms with E-state index < -0.39 is 157 Å². The highest BCUT2D eigenvalue weighted by molar-refractivity contribution is 7.80.